The number of amides is 1. The van der Waals surface area contributed by atoms with E-state index in [-0.39, 0.29) is 12.1 Å². The van der Waals surface area contributed by atoms with Crippen LogP contribution in [0.2, 0.25) is 0 Å². The van der Waals surface area contributed by atoms with Gasteiger partial charge in [0, 0.05) is 18.7 Å². The highest BCUT2D eigenvalue weighted by molar-refractivity contribution is 5.94. The van der Waals surface area contributed by atoms with Crippen LogP contribution in [0.4, 0.5) is 0 Å². The molecule has 0 aliphatic carbocycles. The molecular formula is C15H20N2O. The molecule has 1 atom stereocenters. The van der Waals surface area contributed by atoms with Crippen LogP contribution in [0.15, 0.2) is 43.0 Å². The van der Waals surface area contributed by atoms with Gasteiger partial charge in [0.2, 0.25) is 0 Å². The number of carbonyl (C=O) groups is 1. The second-order valence-corrected chi connectivity index (χ2v) is 4.62. The van der Waals surface area contributed by atoms with Crippen LogP contribution in [-0.2, 0) is 0 Å². The van der Waals surface area contributed by atoms with Crippen LogP contribution in [0.5, 0.6) is 0 Å². The zero-order chi connectivity index (χ0) is 12.8. The fourth-order valence-corrected chi connectivity index (χ4v) is 2.30. The average molecular weight is 244 g/mol. The lowest BCUT2D eigenvalue weighted by Crippen LogP contribution is -2.48. The minimum atomic E-state index is -0.0574. The molecule has 1 aliphatic heterocycles. The Kier molecular flexibility index (Phi) is 4.53. The average Bonchev–Trinajstić information content (AvgIpc) is 2.46. The molecule has 1 N–H and O–H groups in total. The summed E-state index contributed by atoms with van der Waals surface area (Å²) in [6.07, 6.45) is 5.44. The van der Waals surface area contributed by atoms with Gasteiger partial charge >= 0.3 is 0 Å². The zero-order valence-corrected chi connectivity index (χ0v) is 10.6. The second-order valence-electron chi connectivity index (χ2n) is 4.62. The van der Waals surface area contributed by atoms with Crippen molar-refractivity contribution in [2.75, 3.05) is 13.1 Å². The number of nitrogens with zero attached hydrogens (tertiary/aromatic N) is 1. The number of hydrogen-bond donors (Lipinski definition) is 1. The summed E-state index contributed by atoms with van der Waals surface area (Å²) in [5, 5.41) is 3.02. The van der Waals surface area contributed by atoms with Crippen molar-refractivity contribution in [3.63, 3.8) is 0 Å². The van der Waals surface area contributed by atoms with Crippen molar-refractivity contribution in [3.05, 3.63) is 48.6 Å². The molecule has 1 aliphatic rings. The normalized spacial score (nSPS) is 18.0. The molecule has 1 heterocycles. The topological polar surface area (TPSA) is 32.3 Å². The molecule has 0 aromatic heterocycles. The Morgan fingerprint density at radius 2 is 1.89 bits per heavy atom. The van der Waals surface area contributed by atoms with E-state index in [0.29, 0.717) is 5.56 Å². The first-order valence-electron chi connectivity index (χ1n) is 6.54. The maximum atomic E-state index is 12.1. The Hall–Kier alpha value is -1.61. The molecule has 1 amide bonds. The summed E-state index contributed by atoms with van der Waals surface area (Å²) >= 11 is 0. The molecule has 0 saturated carbocycles. The molecule has 3 heteroatoms. The molecule has 1 aromatic rings. The Labute approximate surface area is 108 Å². The summed E-state index contributed by atoms with van der Waals surface area (Å²) < 4.78 is 0. The van der Waals surface area contributed by atoms with Crippen molar-refractivity contribution >= 4 is 5.91 Å². The van der Waals surface area contributed by atoms with Gasteiger partial charge in [-0.2, -0.15) is 0 Å². The molecule has 2 rings (SSSR count). The number of likely N-dealkylation sites (tertiary alicyclic amines) is 1. The highest BCUT2D eigenvalue weighted by Gasteiger charge is 2.19. The lowest BCUT2D eigenvalue weighted by molar-refractivity contribution is 0.0868. The minimum Gasteiger partial charge on any atom is -0.333 e. The van der Waals surface area contributed by atoms with Crippen molar-refractivity contribution in [2.45, 2.75) is 25.4 Å². The maximum Gasteiger partial charge on any atom is 0.252 e. The summed E-state index contributed by atoms with van der Waals surface area (Å²) in [4.78, 5) is 14.3. The largest absolute Gasteiger partial charge is 0.333 e. The van der Waals surface area contributed by atoms with Crippen LogP contribution in [0, 0.1) is 0 Å². The Balaban J connectivity index is 1.97. The zero-order valence-electron chi connectivity index (χ0n) is 10.6. The number of carbonyl (C=O) groups excluding carboxylic acids is 1. The Morgan fingerprint density at radius 1 is 1.22 bits per heavy atom. The summed E-state index contributed by atoms with van der Waals surface area (Å²) in [6, 6.07) is 9.31. The quantitative estimate of drug-likeness (QED) is 0.825. The lowest BCUT2D eigenvalue weighted by atomic mass is 10.1. The predicted octanol–water partition coefficient (Wildman–Crippen LogP) is 2.41. The first kappa shape index (κ1) is 12.8. The van der Waals surface area contributed by atoms with E-state index in [1.54, 1.807) is 0 Å². The third kappa shape index (κ3) is 3.20. The molecule has 1 saturated heterocycles. The van der Waals surface area contributed by atoms with E-state index in [0.717, 1.165) is 13.1 Å². The SMILES string of the molecule is C=CC(NC(=O)c1ccccc1)N1CCCCC1. The predicted molar refractivity (Wildman–Crippen MR) is 73.3 cm³/mol. The molecule has 0 spiro atoms. The highest BCUT2D eigenvalue weighted by Crippen LogP contribution is 2.12. The molecule has 18 heavy (non-hydrogen) atoms. The molecule has 1 fully saturated rings. The maximum absolute atomic E-state index is 12.1. The number of hydrogen-bond acceptors (Lipinski definition) is 2. The van der Waals surface area contributed by atoms with Gasteiger partial charge in [0.05, 0.1) is 0 Å². The number of rotatable bonds is 4. The third-order valence-electron chi connectivity index (χ3n) is 3.32. The monoisotopic (exact) mass is 244 g/mol. The van der Waals surface area contributed by atoms with E-state index < -0.39 is 0 Å². The van der Waals surface area contributed by atoms with Gasteiger partial charge in [0.25, 0.3) is 5.91 Å². The van der Waals surface area contributed by atoms with Gasteiger partial charge in [-0.05, 0) is 25.0 Å². The van der Waals surface area contributed by atoms with E-state index in [1.807, 2.05) is 36.4 Å². The first-order valence-corrected chi connectivity index (χ1v) is 6.54. The summed E-state index contributed by atoms with van der Waals surface area (Å²) in [6.45, 7) is 5.89. The van der Waals surface area contributed by atoms with Crippen LogP contribution < -0.4 is 5.32 Å². The molecule has 1 unspecified atom stereocenters. The van der Waals surface area contributed by atoms with Crippen molar-refractivity contribution in [3.8, 4) is 0 Å². The molecule has 1 aromatic carbocycles. The molecule has 96 valence electrons. The van der Waals surface area contributed by atoms with Crippen molar-refractivity contribution in [1.82, 2.24) is 10.2 Å². The van der Waals surface area contributed by atoms with Gasteiger partial charge in [0.1, 0.15) is 6.17 Å². The van der Waals surface area contributed by atoms with Crippen LogP contribution >= 0.6 is 0 Å². The van der Waals surface area contributed by atoms with Crippen molar-refractivity contribution < 1.29 is 4.79 Å². The van der Waals surface area contributed by atoms with E-state index in [1.165, 1.54) is 19.3 Å². The minimum absolute atomic E-state index is 0.0360. The van der Waals surface area contributed by atoms with Crippen LogP contribution in [0.1, 0.15) is 29.6 Å². The Morgan fingerprint density at radius 3 is 2.50 bits per heavy atom. The van der Waals surface area contributed by atoms with Gasteiger partial charge in [-0.3, -0.25) is 9.69 Å². The fourth-order valence-electron chi connectivity index (χ4n) is 2.30. The van der Waals surface area contributed by atoms with Gasteiger partial charge < -0.3 is 5.32 Å². The van der Waals surface area contributed by atoms with Crippen molar-refractivity contribution in [1.29, 1.82) is 0 Å². The van der Waals surface area contributed by atoms with Gasteiger partial charge in [0.15, 0.2) is 0 Å². The number of nitrogens with one attached hydrogen (secondary N) is 1. The van der Waals surface area contributed by atoms with Crippen LogP contribution in [0.25, 0.3) is 0 Å². The van der Waals surface area contributed by atoms with Gasteiger partial charge in [-0.15, -0.1) is 0 Å². The first-order chi connectivity index (χ1) is 8.81. The number of piperidine rings is 1. The number of benzene rings is 1. The van der Waals surface area contributed by atoms with Gasteiger partial charge in [-0.1, -0.05) is 37.3 Å². The molecule has 3 nitrogen and oxygen atoms in total. The van der Waals surface area contributed by atoms with E-state index in [2.05, 4.69) is 16.8 Å². The van der Waals surface area contributed by atoms with E-state index in [4.69, 9.17) is 0 Å². The lowest BCUT2D eigenvalue weighted by Gasteiger charge is -2.33. The summed E-state index contributed by atoms with van der Waals surface area (Å²) in [5.41, 5.74) is 0.696. The fraction of sp³-hybridized carbons (Fsp3) is 0.400. The summed E-state index contributed by atoms with van der Waals surface area (Å²) in [5.74, 6) is -0.0360. The molecule has 0 radical (unpaired) electrons. The standard InChI is InChI=1S/C15H20N2O/c1-2-14(17-11-7-4-8-12-17)16-15(18)13-9-5-3-6-10-13/h2-3,5-6,9-10,14H,1,4,7-8,11-12H2,(H,16,18). The Bertz CT molecular complexity index is 396. The molecular weight excluding hydrogens is 224 g/mol. The third-order valence-corrected chi connectivity index (χ3v) is 3.32. The van der Waals surface area contributed by atoms with Crippen LogP contribution in [0.3, 0.4) is 0 Å². The highest BCUT2D eigenvalue weighted by atomic mass is 16.1. The van der Waals surface area contributed by atoms with E-state index in [9.17, 15) is 4.79 Å². The van der Waals surface area contributed by atoms with Crippen molar-refractivity contribution in [2.24, 2.45) is 0 Å². The summed E-state index contributed by atoms with van der Waals surface area (Å²) in [7, 11) is 0. The van der Waals surface area contributed by atoms with E-state index >= 15 is 0 Å². The van der Waals surface area contributed by atoms with Gasteiger partial charge in [-0.25, -0.2) is 0 Å². The van der Waals surface area contributed by atoms with Crippen LogP contribution in [-0.4, -0.2) is 30.1 Å². The molecule has 0 bridgehead atoms. The smallest absolute Gasteiger partial charge is 0.252 e. The second kappa shape index (κ2) is 6.36.